The lowest BCUT2D eigenvalue weighted by Crippen LogP contribution is -2.27. The summed E-state index contributed by atoms with van der Waals surface area (Å²) in [6.07, 6.45) is 6.27. The minimum Gasteiger partial charge on any atom is -0.379 e. The van der Waals surface area contributed by atoms with Crippen molar-refractivity contribution in [2.24, 2.45) is 5.92 Å². The molecule has 1 aromatic rings. The van der Waals surface area contributed by atoms with Crippen LogP contribution in [0.4, 0.5) is 4.39 Å². The van der Waals surface area contributed by atoms with E-state index in [0.29, 0.717) is 12.2 Å². The average molecular weight is 279 g/mol. The highest BCUT2D eigenvalue weighted by molar-refractivity contribution is 5.21. The Bertz CT molecular complexity index is 392. The molecule has 20 heavy (non-hydrogen) atoms. The summed E-state index contributed by atoms with van der Waals surface area (Å²) in [7, 11) is 0. The predicted molar refractivity (Wildman–Crippen MR) is 80.2 cm³/mol. The molecular weight excluding hydrogens is 253 g/mol. The molecule has 2 rings (SSSR count). The lowest BCUT2D eigenvalue weighted by molar-refractivity contribution is 0.0880. The standard InChI is InChI=1S/C17H26FNO/c1-2-11-19-17(15-8-3-4-9-16(15)18)13-20-12-10-14-6-5-7-14/h3-4,8-9,14,17,19H,2,5-7,10-13H2,1H3. The first-order chi connectivity index (χ1) is 9.81. The molecule has 0 amide bonds. The Morgan fingerprint density at radius 1 is 1.35 bits per heavy atom. The van der Waals surface area contributed by atoms with E-state index in [9.17, 15) is 4.39 Å². The van der Waals surface area contributed by atoms with E-state index in [1.54, 1.807) is 6.07 Å². The molecule has 1 unspecified atom stereocenters. The molecule has 1 atom stereocenters. The van der Waals surface area contributed by atoms with Gasteiger partial charge in [-0.1, -0.05) is 44.4 Å². The highest BCUT2D eigenvalue weighted by Gasteiger charge is 2.18. The van der Waals surface area contributed by atoms with Crippen LogP contribution in [0.25, 0.3) is 0 Å². The Balaban J connectivity index is 1.81. The van der Waals surface area contributed by atoms with Gasteiger partial charge in [0.25, 0.3) is 0 Å². The van der Waals surface area contributed by atoms with Gasteiger partial charge in [-0.25, -0.2) is 4.39 Å². The minimum absolute atomic E-state index is 0.0439. The highest BCUT2D eigenvalue weighted by Crippen LogP contribution is 2.29. The third kappa shape index (κ3) is 4.57. The van der Waals surface area contributed by atoms with Crippen molar-refractivity contribution in [3.05, 3.63) is 35.6 Å². The van der Waals surface area contributed by atoms with Crippen LogP contribution in [0.2, 0.25) is 0 Å². The van der Waals surface area contributed by atoms with Crippen LogP contribution in [-0.4, -0.2) is 19.8 Å². The number of benzene rings is 1. The van der Waals surface area contributed by atoms with E-state index in [1.165, 1.54) is 25.3 Å². The molecule has 0 radical (unpaired) electrons. The predicted octanol–water partition coefficient (Wildman–Crippen LogP) is 4.07. The normalized spacial score (nSPS) is 16.9. The van der Waals surface area contributed by atoms with E-state index in [1.807, 2.05) is 12.1 Å². The quantitative estimate of drug-likeness (QED) is 0.688. The summed E-state index contributed by atoms with van der Waals surface area (Å²) in [6, 6.07) is 6.93. The van der Waals surface area contributed by atoms with E-state index >= 15 is 0 Å². The smallest absolute Gasteiger partial charge is 0.128 e. The lowest BCUT2D eigenvalue weighted by Gasteiger charge is -2.25. The van der Waals surface area contributed by atoms with Crippen molar-refractivity contribution in [3.63, 3.8) is 0 Å². The molecular formula is C17H26FNO. The maximum Gasteiger partial charge on any atom is 0.128 e. The Morgan fingerprint density at radius 3 is 2.80 bits per heavy atom. The van der Waals surface area contributed by atoms with Crippen molar-refractivity contribution >= 4 is 0 Å². The van der Waals surface area contributed by atoms with Crippen LogP contribution in [0.5, 0.6) is 0 Å². The maximum absolute atomic E-state index is 13.9. The summed E-state index contributed by atoms with van der Waals surface area (Å²) in [5.74, 6) is 0.717. The molecule has 2 nitrogen and oxygen atoms in total. The molecule has 1 aliphatic rings. The van der Waals surface area contributed by atoms with Crippen LogP contribution in [0.15, 0.2) is 24.3 Å². The van der Waals surface area contributed by atoms with Crippen LogP contribution in [0.1, 0.15) is 50.6 Å². The minimum atomic E-state index is -0.149. The second-order valence-corrected chi connectivity index (χ2v) is 5.69. The van der Waals surface area contributed by atoms with Gasteiger partial charge in [0, 0.05) is 12.2 Å². The van der Waals surface area contributed by atoms with Crippen molar-refractivity contribution in [2.45, 2.75) is 45.1 Å². The monoisotopic (exact) mass is 279 g/mol. The van der Waals surface area contributed by atoms with Crippen LogP contribution in [-0.2, 0) is 4.74 Å². The molecule has 0 bridgehead atoms. The van der Waals surface area contributed by atoms with Crippen molar-refractivity contribution < 1.29 is 9.13 Å². The zero-order valence-electron chi connectivity index (χ0n) is 12.4. The number of nitrogens with one attached hydrogen (secondary N) is 1. The van der Waals surface area contributed by atoms with Gasteiger partial charge in [0.1, 0.15) is 5.82 Å². The zero-order valence-corrected chi connectivity index (χ0v) is 12.4. The van der Waals surface area contributed by atoms with Gasteiger partial charge in [-0.2, -0.15) is 0 Å². The Hall–Kier alpha value is -0.930. The largest absolute Gasteiger partial charge is 0.379 e. The van der Waals surface area contributed by atoms with Gasteiger partial charge in [0.05, 0.1) is 12.6 Å². The molecule has 1 aromatic carbocycles. The second-order valence-electron chi connectivity index (χ2n) is 5.69. The van der Waals surface area contributed by atoms with Gasteiger partial charge >= 0.3 is 0 Å². The zero-order chi connectivity index (χ0) is 14.2. The molecule has 1 aliphatic carbocycles. The van der Waals surface area contributed by atoms with E-state index in [4.69, 9.17) is 4.74 Å². The van der Waals surface area contributed by atoms with Crippen LogP contribution >= 0.6 is 0 Å². The summed E-state index contributed by atoms with van der Waals surface area (Å²) in [4.78, 5) is 0. The molecule has 3 heteroatoms. The first-order valence-corrected chi connectivity index (χ1v) is 7.86. The van der Waals surface area contributed by atoms with Crippen molar-refractivity contribution in [1.29, 1.82) is 0 Å². The lowest BCUT2D eigenvalue weighted by atomic mass is 9.83. The highest BCUT2D eigenvalue weighted by atomic mass is 19.1. The van der Waals surface area contributed by atoms with Gasteiger partial charge in [-0.05, 0) is 31.4 Å². The van der Waals surface area contributed by atoms with Gasteiger partial charge in [0.2, 0.25) is 0 Å². The van der Waals surface area contributed by atoms with Crippen molar-refractivity contribution in [3.8, 4) is 0 Å². The Morgan fingerprint density at radius 2 is 2.15 bits per heavy atom. The van der Waals surface area contributed by atoms with Crippen LogP contribution in [0.3, 0.4) is 0 Å². The third-order valence-corrected chi connectivity index (χ3v) is 4.10. The molecule has 0 aliphatic heterocycles. The summed E-state index contributed by atoms with van der Waals surface area (Å²) in [5, 5.41) is 3.38. The summed E-state index contributed by atoms with van der Waals surface area (Å²) >= 11 is 0. The number of halogens is 1. The van der Waals surface area contributed by atoms with E-state index < -0.39 is 0 Å². The van der Waals surface area contributed by atoms with Crippen LogP contribution in [0, 0.1) is 11.7 Å². The summed E-state index contributed by atoms with van der Waals surface area (Å²) < 4.78 is 19.7. The molecule has 112 valence electrons. The fourth-order valence-corrected chi connectivity index (χ4v) is 2.57. The van der Waals surface area contributed by atoms with Gasteiger partial charge in [-0.3, -0.25) is 0 Å². The first kappa shape index (κ1) is 15.5. The summed E-state index contributed by atoms with van der Waals surface area (Å²) in [6.45, 7) is 4.34. The summed E-state index contributed by atoms with van der Waals surface area (Å²) in [5.41, 5.74) is 0.713. The Labute approximate surface area is 121 Å². The SMILES string of the molecule is CCCNC(COCCC1CCC1)c1ccccc1F. The van der Waals surface area contributed by atoms with E-state index in [-0.39, 0.29) is 11.9 Å². The molecule has 0 saturated heterocycles. The molecule has 0 spiro atoms. The first-order valence-electron chi connectivity index (χ1n) is 7.86. The Kier molecular flexibility index (Phi) is 6.48. The van der Waals surface area contributed by atoms with Gasteiger partial charge in [0.15, 0.2) is 0 Å². The number of hydrogen-bond acceptors (Lipinski definition) is 2. The molecule has 1 fully saturated rings. The molecule has 0 aromatic heterocycles. The van der Waals surface area contributed by atoms with E-state index in [2.05, 4.69) is 12.2 Å². The maximum atomic E-state index is 13.9. The van der Waals surface area contributed by atoms with Gasteiger partial charge in [-0.15, -0.1) is 0 Å². The fourth-order valence-electron chi connectivity index (χ4n) is 2.57. The second kappa shape index (κ2) is 8.38. The molecule has 1 N–H and O–H groups in total. The van der Waals surface area contributed by atoms with Crippen molar-refractivity contribution in [1.82, 2.24) is 5.32 Å². The van der Waals surface area contributed by atoms with Crippen LogP contribution < -0.4 is 5.32 Å². The van der Waals surface area contributed by atoms with Crippen molar-refractivity contribution in [2.75, 3.05) is 19.8 Å². The number of ether oxygens (including phenoxy) is 1. The molecule has 1 saturated carbocycles. The van der Waals surface area contributed by atoms with E-state index in [0.717, 1.165) is 31.9 Å². The average Bonchev–Trinajstić information content (AvgIpc) is 2.41. The molecule has 0 heterocycles. The number of rotatable bonds is 9. The van der Waals surface area contributed by atoms with Gasteiger partial charge < -0.3 is 10.1 Å². The topological polar surface area (TPSA) is 21.3 Å². The third-order valence-electron chi connectivity index (χ3n) is 4.10. The number of hydrogen-bond donors (Lipinski definition) is 1. The fraction of sp³-hybridized carbons (Fsp3) is 0.647.